The van der Waals surface area contributed by atoms with Crippen LogP contribution in [0.2, 0.25) is 0 Å². The number of benzene rings is 3. The number of thiazole rings is 1. The van der Waals surface area contributed by atoms with Crippen LogP contribution in [0.1, 0.15) is 15.9 Å². The van der Waals surface area contributed by atoms with E-state index in [1.54, 1.807) is 12.1 Å². The number of amides is 1. The third-order valence-electron chi connectivity index (χ3n) is 4.56. The summed E-state index contributed by atoms with van der Waals surface area (Å²) in [5.41, 5.74) is 4.62. The van der Waals surface area contributed by atoms with Crippen molar-refractivity contribution in [2.24, 2.45) is 0 Å². The zero-order valence-corrected chi connectivity index (χ0v) is 17.3. The van der Waals surface area contributed by atoms with E-state index in [4.69, 9.17) is 0 Å². The molecule has 1 amide bonds. The van der Waals surface area contributed by atoms with Gasteiger partial charge in [-0.05, 0) is 37.3 Å². The lowest BCUT2D eigenvalue weighted by molar-refractivity contribution is -0.384. The number of aromatic nitrogens is 1. The summed E-state index contributed by atoms with van der Waals surface area (Å²) >= 11 is 1.51. The van der Waals surface area contributed by atoms with Crippen LogP contribution in [0, 0.1) is 17.0 Å². The monoisotopic (exact) mass is 430 g/mol. The molecule has 0 spiro atoms. The van der Waals surface area contributed by atoms with Gasteiger partial charge in [-0.1, -0.05) is 35.9 Å². The normalized spacial score (nSPS) is 10.5. The maximum Gasteiger partial charge on any atom is 0.270 e. The van der Waals surface area contributed by atoms with Crippen LogP contribution < -0.4 is 10.6 Å². The third kappa shape index (κ3) is 4.93. The highest BCUT2D eigenvalue weighted by Gasteiger charge is 2.12. The van der Waals surface area contributed by atoms with Gasteiger partial charge in [-0.3, -0.25) is 14.9 Å². The molecule has 0 bridgehead atoms. The van der Waals surface area contributed by atoms with Crippen LogP contribution in [0.3, 0.4) is 0 Å². The van der Waals surface area contributed by atoms with Crippen molar-refractivity contribution in [1.82, 2.24) is 4.98 Å². The van der Waals surface area contributed by atoms with E-state index >= 15 is 0 Å². The zero-order valence-electron chi connectivity index (χ0n) is 16.5. The number of non-ortho nitro benzene ring substituents is 1. The van der Waals surface area contributed by atoms with Crippen LogP contribution in [0.15, 0.2) is 78.2 Å². The van der Waals surface area contributed by atoms with E-state index in [2.05, 4.69) is 15.6 Å². The number of hydrogen-bond donors (Lipinski definition) is 2. The summed E-state index contributed by atoms with van der Waals surface area (Å²) in [5.74, 6) is -0.408. The summed E-state index contributed by atoms with van der Waals surface area (Å²) in [6, 6.07) is 21.0. The Morgan fingerprint density at radius 1 is 1.00 bits per heavy atom. The summed E-state index contributed by atoms with van der Waals surface area (Å²) in [6.07, 6.45) is 0. The number of carbonyl (C=O) groups excluding carboxylic acids is 1. The maximum absolute atomic E-state index is 12.4. The first-order valence-corrected chi connectivity index (χ1v) is 10.3. The second-order valence-corrected chi connectivity index (χ2v) is 7.73. The first kappa shape index (κ1) is 20.2. The van der Waals surface area contributed by atoms with Gasteiger partial charge in [0.15, 0.2) is 5.13 Å². The first-order valence-electron chi connectivity index (χ1n) is 9.43. The van der Waals surface area contributed by atoms with Gasteiger partial charge in [-0.15, -0.1) is 11.3 Å². The van der Waals surface area contributed by atoms with Crippen molar-refractivity contribution < 1.29 is 9.72 Å². The highest BCUT2D eigenvalue weighted by atomic mass is 32.1. The first-order chi connectivity index (χ1) is 15.0. The summed E-state index contributed by atoms with van der Waals surface area (Å²) in [5, 5.41) is 19.7. The fourth-order valence-electron chi connectivity index (χ4n) is 2.91. The van der Waals surface area contributed by atoms with Crippen LogP contribution in [0.5, 0.6) is 0 Å². The van der Waals surface area contributed by atoms with E-state index < -0.39 is 10.8 Å². The van der Waals surface area contributed by atoms with Crippen molar-refractivity contribution in [2.45, 2.75) is 6.92 Å². The molecule has 0 fully saturated rings. The molecule has 0 unspecified atom stereocenters. The number of nitrogens with zero attached hydrogens (tertiary/aromatic N) is 2. The highest BCUT2D eigenvalue weighted by molar-refractivity contribution is 7.14. The van der Waals surface area contributed by atoms with Gasteiger partial charge in [0.25, 0.3) is 11.6 Å². The summed E-state index contributed by atoms with van der Waals surface area (Å²) in [6.45, 7) is 2.04. The van der Waals surface area contributed by atoms with Gasteiger partial charge in [0, 0.05) is 40.0 Å². The molecule has 1 heterocycles. The molecule has 0 atom stereocenters. The molecule has 4 rings (SSSR count). The van der Waals surface area contributed by atoms with E-state index in [1.807, 2.05) is 48.7 Å². The molecule has 4 aromatic rings. The van der Waals surface area contributed by atoms with Crippen molar-refractivity contribution in [1.29, 1.82) is 0 Å². The molecule has 0 aliphatic carbocycles. The van der Waals surface area contributed by atoms with Gasteiger partial charge in [-0.25, -0.2) is 4.98 Å². The number of carbonyl (C=O) groups is 1. The van der Waals surface area contributed by atoms with Crippen LogP contribution in [-0.4, -0.2) is 15.8 Å². The van der Waals surface area contributed by atoms with Crippen LogP contribution in [0.25, 0.3) is 11.3 Å². The van der Waals surface area contributed by atoms with E-state index in [-0.39, 0.29) is 11.3 Å². The van der Waals surface area contributed by atoms with Crippen LogP contribution in [-0.2, 0) is 0 Å². The summed E-state index contributed by atoms with van der Waals surface area (Å²) in [4.78, 5) is 27.4. The maximum atomic E-state index is 12.4. The Balaban J connectivity index is 1.43. The molecule has 3 aromatic carbocycles. The third-order valence-corrected chi connectivity index (χ3v) is 5.32. The molecular weight excluding hydrogens is 412 g/mol. The Morgan fingerprint density at radius 2 is 1.71 bits per heavy atom. The van der Waals surface area contributed by atoms with E-state index in [9.17, 15) is 14.9 Å². The van der Waals surface area contributed by atoms with E-state index in [1.165, 1.54) is 41.2 Å². The van der Waals surface area contributed by atoms with Crippen molar-refractivity contribution in [3.05, 3.63) is 99.4 Å². The van der Waals surface area contributed by atoms with Gasteiger partial charge >= 0.3 is 0 Å². The zero-order chi connectivity index (χ0) is 21.8. The second-order valence-electron chi connectivity index (χ2n) is 6.87. The van der Waals surface area contributed by atoms with Gasteiger partial charge in [0.1, 0.15) is 0 Å². The molecule has 0 radical (unpaired) electrons. The Hall–Kier alpha value is -4.04. The molecular formula is C23H18N4O3S. The number of anilines is 3. The van der Waals surface area contributed by atoms with Crippen molar-refractivity contribution in [2.75, 3.05) is 10.6 Å². The van der Waals surface area contributed by atoms with Crippen LogP contribution >= 0.6 is 11.3 Å². The smallest absolute Gasteiger partial charge is 0.270 e. The van der Waals surface area contributed by atoms with Gasteiger partial charge < -0.3 is 10.6 Å². The highest BCUT2D eigenvalue weighted by Crippen LogP contribution is 2.28. The Labute approximate surface area is 182 Å². The topological polar surface area (TPSA) is 97.2 Å². The largest absolute Gasteiger partial charge is 0.332 e. The minimum absolute atomic E-state index is 0.124. The number of nitro groups is 1. The van der Waals surface area contributed by atoms with Gasteiger partial charge in [0.05, 0.1) is 10.6 Å². The van der Waals surface area contributed by atoms with Gasteiger partial charge in [0.2, 0.25) is 0 Å². The van der Waals surface area contributed by atoms with E-state index in [0.29, 0.717) is 5.69 Å². The number of nitrogens with one attached hydrogen (secondary N) is 2. The van der Waals surface area contributed by atoms with Crippen LogP contribution in [0.4, 0.5) is 22.2 Å². The van der Waals surface area contributed by atoms with Crippen molar-refractivity contribution in [3.8, 4) is 11.3 Å². The number of nitro benzene ring substituents is 1. The standard InChI is InChI=1S/C23H18N4O3S/c1-15-5-9-19(10-6-15)25-23-26-21(14-31-23)16-7-11-18(12-8-16)24-22(28)17-3-2-4-20(13-17)27(29)30/h2-14H,1H3,(H,24,28)(H,25,26). The molecule has 8 heteroatoms. The fourth-order valence-corrected chi connectivity index (χ4v) is 3.65. The Kier molecular flexibility index (Phi) is 5.72. The predicted molar refractivity (Wildman–Crippen MR) is 123 cm³/mol. The summed E-state index contributed by atoms with van der Waals surface area (Å²) < 4.78 is 0. The molecule has 2 N–H and O–H groups in total. The lowest BCUT2D eigenvalue weighted by atomic mass is 10.1. The number of aryl methyl sites for hydroxylation is 1. The molecule has 7 nitrogen and oxygen atoms in total. The quantitative estimate of drug-likeness (QED) is 0.288. The molecule has 1 aromatic heterocycles. The fraction of sp³-hybridized carbons (Fsp3) is 0.0435. The average Bonchev–Trinajstić information content (AvgIpc) is 3.24. The van der Waals surface area contributed by atoms with Crippen molar-refractivity contribution in [3.63, 3.8) is 0 Å². The molecule has 0 aliphatic rings. The SMILES string of the molecule is Cc1ccc(Nc2nc(-c3ccc(NC(=O)c4cccc([N+](=O)[O-])c4)cc3)cs2)cc1. The molecule has 154 valence electrons. The van der Waals surface area contributed by atoms with Gasteiger partial charge in [-0.2, -0.15) is 0 Å². The molecule has 0 aliphatic heterocycles. The summed E-state index contributed by atoms with van der Waals surface area (Å²) in [7, 11) is 0. The number of rotatable bonds is 6. The second kappa shape index (κ2) is 8.76. The minimum atomic E-state index is -0.526. The Morgan fingerprint density at radius 3 is 2.42 bits per heavy atom. The lowest BCUT2D eigenvalue weighted by Gasteiger charge is -2.06. The molecule has 0 saturated heterocycles. The average molecular weight is 430 g/mol. The minimum Gasteiger partial charge on any atom is -0.332 e. The predicted octanol–water partition coefficient (Wildman–Crippen LogP) is 6.02. The van der Waals surface area contributed by atoms with Crippen molar-refractivity contribution >= 4 is 39.4 Å². The van der Waals surface area contributed by atoms with E-state index in [0.717, 1.165) is 22.1 Å². The molecule has 31 heavy (non-hydrogen) atoms. The lowest BCUT2D eigenvalue weighted by Crippen LogP contribution is -2.11. The Bertz CT molecular complexity index is 1230. The molecule has 0 saturated carbocycles. The number of hydrogen-bond acceptors (Lipinski definition) is 6.